The van der Waals surface area contributed by atoms with Gasteiger partial charge in [-0.25, -0.2) is 0 Å². The van der Waals surface area contributed by atoms with E-state index >= 15 is 0 Å². The predicted octanol–water partition coefficient (Wildman–Crippen LogP) is 3.83. The zero-order valence-corrected chi connectivity index (χ0v) is 17.6. The van der Waals surface area contributed by atoms with Gasteiger partial charge in [0.1, 0.15) is 6.04 Å². The van der Waals surface area contributed by atoms with E-state index in [1.807, 2.05) is 40.4 Å². The Morgan fingerprint density at radius 1 is 1.13 bits per heavy atom. The van der Waals surface area contributed by atoms with Crippen LogP contribution in [0.25, 0.3) is 11.1 Å². The van der Waals surface area contributed by atoms with E-state index in [9.17, 15) is 14.4 Å². The lowest BCUT2D eigenvalue weighted by molar-refractivity contribution is -0.121. The van der Waals surface area contributed by atoms with Crippen molar-refractivity contribution < 1.29 is 14.4 Å². The summed E-state index contributed by atoms with van der Waals surface area (Å²) < 4.78 is 0. The molecule has 8 heteroatoms. The van der Waals surface area contributed by atoms with Crippen LogP contribution in [0.1, 0.15) is 32.9 Å². The highest BCUT2D eigenvalue weighted by molar-refractivity contribution is 7.12. The Bertz CT molecular complexity index is 1110. The third-order valence-electron chi connectivity index (χ3n) is 5.61. The maximum atomic E-state index is 13.3. The van der Waals surface area contributed by atoms with E-state index in [4.69, 9.17) is 0 Å². The highest BCUT2D eigenvalue weighted by Crippen LogP contribution is 2.32. The largest absolute Gasteiger partial charge is 0.348 e. The van der Waals surface area contributed by atoms with Crippen molar-refractivity contribution in [2.45, 2.75) is 24.9 Å². The van der Waals surface area contributed by atoms with E-state index in [0.29, 0.717) is 35.5 Å². The quantitative estimate of drug-likeness (QED) is 0.654. The summed E-state index contributed by atoms with van der Waals surface area (Å²) in [4.78, 5) is 40.9. The van der Waals surface area contributed by atoms with Gasteiger partial charge in [-0.1, -0.05) is 12.1 Å². The standard InChI is InChI=1S/C22H19N3O3S2/c26-20-18-11-15(23-21(27)19-2-1-8-30-19)5-7-25(18)22(28)16-10-13(3-4-17(16)24-20)14-6-9-29-12-14/h1-4,6,8-10,12,15,18H,5,7,11H2,(H,23,27)(H,24,26)/t15-,18-/m0/s1. The number of fused-ring (bicyclic) bond motifs is 2. The number of nitrogens with one attached hydrogen (secondary N) is 2. The van der Waals surface area contributed by atoms with Gasteiger partial charge in [0.15, 0.2) is 0 Å². The minimum atomic E-state index is -0.600. The van der Waals surface area contributed by atoms with Crippen LogP contribution in [0.5, 0.6) is 0 Å². The van der Waals surface area contributed by atoms with Gasteiger partial charge in [-0.15, -0.1) is 11.3 Å². The summed E-state index contributed by atoms with van der Waals surface area (Å²) in [5.74, 6) is -0.485. The normalized spacial score (nSPS) is 20.7. The number of hydrogen-bond acceptors (Lipinski definition) is 5. The molecule has 0 unspecified atom stereocenters. The first-order valence-electron chi connectivity index (χ1n) is 9.73. The van der Waals surface area contributed by atoms with Crippen molar-refractivity contribution in [3.63, 3.8) is 0 Å². The molecule has 0 radical (unpaired) electrons. The molecule has 0 bridgehead atoms. The average Bonchev–Trinajstić information content (AvgIpc) is 3.46. The highest BCUT2D eigenvalue weighted by Gasteiger charge is 2.40. The van der Waals surface area contributed by atoms with Crippen LogP contribution in [0.4, 0.5) is 5.69 Å². The number of anilines is 1. The first-order chi connectivity index (χ1) is 14.6. The van der Waals surface area contributed by atoms with Gasteiger partial charge in [0, 0.05) is 12.6 Å². The van der Waals surface area contributed by atoms with Crippen molar-refractivity contribution in [3.8, 4) is 11.1 Å². The van der Waals surface area contributed by atoms with E-state index in [1.165, 1.54) is 11.3 Å². The number of carbonyl (C=O) groups excluding carboxylic acids is 3. The van der Waals surface area contributed by atoms with Crippen molar-refractivity contribution in [2.75, 3.05) is 11.9 Å². The molecule has 3 aromatic rings. The second-order valence-electron chi connectivity index (χ2n) is 7.45. The molecule has 2 aliphatic rings. The number of amides is 3. The molecule has 2 N–H and O–H groups in total. The Morgan fingerprint density at radius 2 is 2.03 bits per heavy atom. The van der Waals surface area contributed by atoms with Gasteiger partial charge in [-0.3, -0.25) is 14.4 Å². The van der Waals surface area contributed by atoms with Crippen molar-refractivity contribution in [1.82, 2.24) is 10.2 Å². The molecular formula is C22H19N3O3S2. The number of benzene rings is 1. The zero-order chi connectivity index (χ0) is 20.7. The Balaban J connectivity index is 1.38. The van der Waals surface area contributed by atoms with Crippen molar-refractivity contribution >= 4 is 46.1 Å². The Morgan fingerprint density at radius 3 is 2.80 bits per heavy atom. The van der Waals surface area contributed by atoms with Crippen LogP contribution >= 0.6 is 22.7 Å². The van der Waals surface area contributed by atoms with Gasteiger partial charge >= 0.3 is 0 Å². The van der Waals surface area contributed by atoms with Gasteiger partial charge in [0.2, 0.25) is 5.91 Å². The van der Waals surface area contributed by atoms with Crippen LogP contribution < -0.4 is 10.6 Å². The molecule has 1 fully saturated rings. The van der Waals surface area contributed by atoms with Crippen LogP contribution in [-0.4, -0.2) is 41.2 Å². The Hall–Kier alpha value is -2.97. The number of rotatable bonds is 3. The summed E-state index contributed by atoms with van der Waals surface area (Å²) in [6, 6.07) is 10.4. The summed E-state index contributed by atoms with van der Waals surface area (Å²) in [6.07, 6.45) is 1.02. The number of carbonyl (C=O) groups is 3. The van der Waals surface area contributed by atoms with Gasteiger partial charge < -0.3 is 15.5 Å². The topological polar surface area (TPSA) is 78.5 Å². The molecular weight excluding hydrogens is 418 g/mol. The minimum Gasteiger partial charge on any atom is -0.348 e. The third kappa shape index (κ3) is 3.42. The molecule has 5 rings (SSSR count). The second-order valence-corrected chi connectivity index (χ2v) is 9.18. The molecule has 4 heterocycles. The minimum absolute atomic E-state index is 0.132. The van der Waals surface area contributed by atoms with Crippen LogP contribution in [-0.2, 0) is 4.79 Å². The zero-order valence-electron chi connectivity index (χ0n) is 16.0. The number of hydrogen-bond donors (Lipinski definition) is 2. The van der Waals surface area contributed by atoms with Crippen molar-refractivity contribution in [2.24, 2.45) is 0 Å². The van der Waals surface area contributed by atoms with Crippen molar-refractivity contribution in [1.29, 1.82) is 0 Å². The molecule has 6 nitrogen and oxygen atoms in total. The predicted molar refractivity (Wildman–Crippen MR) is 118 cm³/mol. The van der Waals surface area contributed by atoms with Crippen LogP contribution in [0, 0.1) is 0 Å². The fourth-order valence-electron chi connectivity index (χ4n) is 4.06. The number of piperidine rings is 1. The van der Waals surface area contributed by atoms with Gasteiger partial charge in [-0.2, -0.15) is 11.3 Å². The van der Waals surface area contributed by atoms with Crippen LogP contribution in [0.15, 0.2) is 52.5 Å². The maximum absolute atomic E-state index is 13.3. The summed E-state index contributed by atoms with van der Waals surface area (Å²) in [7, 11) is 0. The molecule has 1 aromatic carbocycles. The van der Waals surface area contributed by atoms with E-state index < -0.39 is 6.04 Å². The highest BCUT2D eigenvalue weighted by atomic mass is 32.1. The molecule has 2 aliphatic heterocycles. The SMILES string of the molecule is O=C(N[C@H]1CCN2C(=O)c3cc(-c4ccsc4)ccc3NC(=O)[C@@H]2C1)c1cccs1. The summed E-state index contributed by atoms with van der Waals surface area (Å²) >= 11 is 2.98. The van der Waals surface area contributed by atoms with Crippen LogP contribution in [0.3, 0.4) is 0 Å². The molecule has 0 saturated carbocycles. The molecule has 0 spiro atoms. The lowest BCUT2D eigenvalue weighted by Crippen LogP contribution is -2.54. The third-order valence-corrected chi connectivity index (χ3v) is 7.16. The smallest absolute Gasteiger partial charge is 0.261 e. The second kappa shape index (κ2) is 7.70. The van der Waals surface area contributed by atoms with E-state index in [1.54, 1.807) is 28.4 Å². The summed E-state index contributed by atoms with van der Waals surface area (Å²) in [6.45, 7) is 0.425. The number of thiophene rings is 2. The summed E-state index contributed by atoms with van der Waals surface area (Å²) in [5.41, 5.74) is 3.06. The van der Waals surface area contributed by atoms with E-state index in [2.05, 4.69) is 10.6 Å². The monoisotopic (exact) mass is 437 g/mol. The molecule has 2 atom stereocenters. The Kier molecular flexibility index (Phi) is 4.88. The van der Waals surface area contributed by atoms with Gasteiger partial charge in [0.05, 0.1) is 16.1 Å². The molecule has 1 saturated heterocycles. The summed E-state index contributed by atoms with van der Waals surface area (Å²) in [5, 5.41) is 11.8. The average molecular weight is 438 g/mol. The first-order valence-corrected chi connectivity index (χ1v) is 11.6. The fraction of sp³-hybridized carbons (Fsp3) is 0.227. The maximum Gasteiger partial charge on any atom is 0.261 e. The Labute approximate surface area is 181 Å². The molecule has 152 valence electrons. The van der Waals surface area contributed by atoms with Crippen LogP contribution in [0.2, 0.25) is 0 Å². The lowest BCUT2D eigenvalue weighted by Gasteiger charge is -2.37. The molecule has 2 aromatic heterocycles. The molecule has 30 heavy (non-hydrogen) atoms. The van der Waals surface area contributed by atoms with Gasteiger partial charge in [0.25, 0.3) is 11.8 Å². The molecule has 3 amide bonds. The first kappa shape index (κ1) is 19.0. The fourth-order valence-corrected chi connectivity index (χ4v) is 5.35. The number of nitrogens with zero attached hydrogens (tertiary/aromatic N) is 1. The van der Waals surface area contributed by atoms with Gasteiger partial charge in [-0.05, 0) is 64.4 Å². The van der Waals surface area contributed by atoms with E-state index in [0.717, 1.165) is 11.1 Å². The molecule has 0 aliphatic carbocycles. The lowest BCUT2D eigenvalue weighted by atomic mass is 9.96. The van der Waals surface area contributed by atoms with Crippen molar-refractivity contribution in [3.05, 3.63) is 63.0 Å². The van der Waals surface area contributed by atoms with E-state index in [-0.39, 0.29) is 23.8 Å².